The highest BCUT2D eigenvalue weighted by Crippen LogP contribution is 2.16. The molecule has 0 unspecified atom stereocenters. The summed E-state index contributed by atoms with van der Waals surface area (Å²) in [5.41, 5.74) is 2.15. The summed E-state index contributed by atoms with van der Waals surface area (Å²) < 4.78 is 0. The molecule has 0 bridgehead atoms. The van der Waals surface area contributed by atoms with Gasteiger partial charge in [0.1, 0.15) is 5.69 Å². The zero-order chi connectivity index (χ0) is 16.1. The van der Waals surface area contributed by atoms with Gasteiger partial charge in [-0.15, -0.1) is 0 Å². The first-order valence-electron chi connectivity index (χ1n) is 8.01. The lowest BCUT2D eigenvalue weighted by Crippen LogP contribution is -2.32. The van der Waals surface area contributed by atoms with E-state index in [4.69, 9.17) is 0 Å². The van der Waals surface area contributed by atoms with Gasteiger partial charge in [-0.25, -0.2) is 9.97 Å². The molecule has 3 heterocycles. The lowest BCUT2D eigenvalue weighted by molar-refractivity contribution is 0.0945. The van der Waals surface area contributed by atoms with Crippen LogP contribution in [0.3, 0.4) is 0 Å². The van der Waals surface area contributed by atoms with Crippen molar-refractivity contribution in [3.63, 3.8) is 0 Å². The van der Waals surface area contributed by atoms with E-state index < -0.39 is 0 Å². The van der Waals surface area contributed by atoms with Crippen LogP contribution in [0.4, 0.5) is 5.95 Å². The molecule has 1 aliphatic rings. The van der Waals surface area contributed by atoms with Crippen molar-refractivity contribution >= 4 is 11.9 Å². The summed E-state index contributed by atoms with van der Waals surface area (Å²) in [5, 5.41) is 2.86. The molecule has 0 aliphatic carbocycles. The van der Waals surface area contributed by atoms with Gasteiger partial charge in [-0.3, -0.25) is 9.78 Å². The van der Waals surface area contributed by atoms with Crippen LogP contribution in [0.2, 0.25) is 0 Å². The van der Waals surface area contributed by atoms with E-state index in [1.807, 2.05) is 13.0 Å². The Labute approximate surface area is 136 Å². The molecule has 1 amide bonds. The highest BCUT2D eigenvalue weighted by Gasteiger charge is 2.15. The van der Waals surface area contributed by atoms with Gasteiger partial charge in [0.2, 0.25) is 5.95 Å². The topological polar surface area (TPSA) is 71.0 Å². The number of amides is 1. The predicted molar refractivity (Wildman–Crippen MR) is 88.2 cm³/mol. The molecule has 0 radical (unpaired) electrons. The van der Waals surface area contributed by atoms with E-state index in [0.29, 0.717) is 12.2 Å². The van der Waals surface area contributed by atoms with E-state index in [9.17, 15) is 4.79 Å². The molecule has 1 fully saturated rings. The SMILES string of the molecule is Cc1cc(CNC(=O)c2ccccn2)nc(N2CCCCC2)n1. The van der Waals surface area contributed by atoms with E-state index in [2.05, 4.69) is 25.2 Å². The molecule has 23 heavy (non-hydrogen) atoms. The first kappa shape index (κ1) is 15.4. The van der Waals surface area contributed by atoms with Crippen LogP contribution in [0.1, 0.15) is 41.1 Å². The van der Waals surface area contributed by atoms with Gasteiger partial charge < -0.3 is 10.2 Å². The second kappa shape index (κ2) is 7.17. The van der Waals surface area contributed by atoms with Crippen molar-refractivity contribution in [2.45, 2.75) is 32.7 Å². The van der Waals surface area contributed by atoms with Crippen LogP contribution in [0.15, 0.2) is 30.5 Å². The second-order valence-corrected chi connectivity index (χ2v) is 5.75. The van der Waals surface area contributed by atoms with Gasteiger partial charge in [0.15, 0.2) is 0 Å². The molecule has 1 N–H and O–H groups in total. The van der Waals surface area contributed by atoms with Crippen molar-refractivity contribution in [1.82, 2.24) is 20.3 Å². The fourth-order valence-corrected chi connectivity index (χ4v) is 2.70. The molecule has 0 atom stereocenters. The minimum Gasteiger partial charge on any atom is -0.345 e. The highest BCUT2D eigenvalue weighted by atomic mass is 16.1. The van der Waals surface area contributed by atoms with Crippen molar-refractivity contribution in [2.75, 3.05) is 18.0 Å². The molecule has 6 nitrogen and oxygen atoms in total. The van der Waals surface area contributed by atoms with Crippen LogP contribution >= 0.6 is 0 Å². The van der Waals surface area contributed by atoms with E-state index in [0.717, 1.165) is 30.4 Å². The Morgan fingerprint density at radius 2 is 2.04 bits per heavy atom. The molecular formula is C17H21N5O. The predicted octanol–water partition coefficient (Wildman–Crippen LogP) is 2.10. The number of hydrogen-bond acceptors (Lipinski definition) is 5. The van der Waals surface area contributed by atoms with Crippen molar-refractivity contribution in [3.8, 4) is 0 Å². The summed E-state index contributed by atoms with van der Waals surface area (Å²) in [4.78, 5) is 27.5. The van der Waals surface area contributed by atoms with E-state index >= 15 is 0 Å². The van der Waals surface area contributed by atoms with Crippen molar-refractivity contribution in [3.05, 3.63) is 47.5 Å². The molecule has 2 aromatic heterocycles. The van der Waals surface area contributed by atoms with Crippen molar-refractivity contribution in [1.29, 1.82) is 0 Å². The summed E-state index contributed by atoms with van der Waals surface area (Å²) in [5.74, 6) is 0.577. The average Bonchev–Trinajstić information content (AvgIpc) is 2.61. The molecule has 0 aromatic carbocycles. The Balaban J connectivity index is 1.68. The number of piperidine rings is 1. The summed E-state index contributed by atoms with van der Waals surface area (Å²) in [6, 6.07) is 7.19. The third-order valence-corrected chi connectivity index (χ3v) is 3.86. The Morgan fingerprint density at radius 1 is 1.22 bits per heavy atom. The van der Waals surface area contributed by atoms with Gasteiger partial charge in [-0.05, 0) is 44.4 Å². The minimum atomic E-state index is -0.193. The number of hydrogen-bond donors (Lipinski definition) is 1. The number of pyridine rings is 1. The summed E-state index contributed by atoms with van der Waals surface area (Å²) in [7, 11) is 0. The Bertz CT molecular complexity index is 668. The number of carbonyl (C=O) groups is 1. The maximum absolute atomic E-state index is 12.1. The van der Waals surface area contributed by atoms with Crippen molar-refractivity contribution in [2.24, 2.45) is 0 Å². The largest absolute Gasteiger partial charge is 0.345 e. The molecule has 0 saturated carbocycles. The quantitative estimate of drug-likeness (QED) is 0.936. The van der Waals surface area contributed by atoms with Crippen molar-refractivity contribution < 1.29 is 4.79 Å². The molecule has 6 heteroatoms. The lowest BCUT2D eigenvalue weighted by Gasteiger charge is -2.27. The van der Waals surface area contributed by atoms with Crippen LogP contribution in [0.5, 0.6) is 0 Å². The summed E-state index contributed by atoms with van der Waals surface area (Å²) in [6.07, 6.45) is 5.25. The number of nitrogens with one attached hydrogen (secondary N) is 1. The van der Waals surface area contributed by atoms with Gasteiger partial charge >= 0.3 is 0 Å². The fourth-order valence-electron chi connectivity index (χ4n) is 2.70. The second-order valence-electron chi connectivity index (χ2n) is 5.75. The normalized spacial score (nSPS) is 14.6. The maximum Gasteiger partial charge on any atom is 0.270 e. The third kappa shape index (κ3) is 4.03. The smallest absolute Gasteiger partial charge is 0.270 e. The first-order chi connectivity index (χ1) is 11.2. The molecular weight excluding hydrogens is 290 g/mol. The lowest BCUT2D eigenvalue weighted by atomic mass is 10.1. The van der Waals surface area contributed by atoms with Gasteiger partial charge in [-0.1, -0.05) is 6.07 Å². The van der Waals surface area contributed by atoms with Crippen LogP contribution in [0, 0.1) is 6.92 Å². The van der Waals surface area contributed by atoms with E-state index in [-0.39, 0.29) is 5.91 Å². The number of carbonyl (C=O) groups excluding carboxylic acids is 1. The molecule has 2 aromatic rings. The Morgan fingerprint density at radius 3 is 2.78 bits per heavy atom. The number of rotatable bonds is 4. The van der Waals surface area contributed by atoms with Crippen LogP contribution < -0.4 is 10.2 Å². The fraction of sp³-hybridized carbons (Fsp3) is 0.412. The van der Waals surface area contributed by atoms with Crippen LogP contribution in [-0.4, -0.2) is 33.9 Å². The van der Waals surface area contributed by atoms with E-state index in [1.54, 1.807) is 24.4 Å². The summed E-state index contributed by atoms with van der Waals surface area (Å²) >= 11 is 0. The zero-order valence-electron chi connectivity index (χ0n) is 13.3. The van der Waals surface area contributed by atoms with Crippen LogP contribution in [0.25, 0.3) is 0 Å². The zero-order valence-corrected chi connectivity index (χ0v) is 13.3. The van der Waals surface area contributed by atoms with Crippen LogP contribution in [-0.2, 0) is 6.54 Å². The number of anilines is 1. The molecule has 1 saturated heterocycles. The average molecular weight is 311 g/mol. The van der Waals surface area contributed by atoms with Gasteiger partial charge in [-0.2, -0.15) is 0 Å². The maximum atomic E-state index is 12.1. The number of nitrogens with zero attached hydrogens (tertiary/aromatic N) is 4. The number of aromatic nitrogens is 3. The Hall–Kier alpha value is -2.50. The molecule has 120 valence electrons. The minimum absolute atomic E-state index is 0.193. The molecule has 3 rings (SSSR count). The third-order valence-electron chi connectivity index (χ3n) is 3.86. The monoisotopic (exact) mass is 311 g/mol. The number of aryl methyl sites for hydroxylation is 1. The molecule has 0 spiro atoms. The van der Waals surface area contributed by atoms with E-state index in [1.165, 1.54) is 19.3 Å². The summed E-state index contributed by atoms with van der Waals surface area (Å²) in [6.45, 7) is 4.34. The molecule has 1 aliphatic heterocycles. The van der Waals surface area contributed by atoms with Gasteiger partial charge in [0.25, 0.3) is 5.91 Å². The van der Waals surface area contributed by atoms with Gasteiger partial charge in [0, 0.05) is 25.0 Å². The standard InChI is InChI=1S/C17H21N5O/c1-13-11-14(12-19-16(23)15-7-3-4-8-18-15)21-17(20-13)22-9-5-2-6-10-22/h3-4,7-8,11H,2,5-6,9-10,12H2,1H3,(H,19,23). The van der Waals surface area contributed by atoms with Gasteiger partial charge in [0.05, 0.1) is 12.2 Å². The first-order valence-corrected chi connectivity index (χ1v) is 8.01. The Kier molecular flexibility index (Phi) is 4.80. The highest BCUT2D eigenvalue weighted by molar-refractivity contribution is 5.92.